The van der Waals surface area contributed by atoms with E-state index in [1.165, 1.54) is 5.56 Å². The molecule has 0 fully saturated rings. The van der Waals surface area contributed by atoms with Gasteiger partial charge in [0.05, 0.1) is 6.20 Å². The Hall–Kier alpha value is -1.68. The molecule has 0 aliphatic carbocycles. The van der Waals surface area contributed by atoms with E-state index in [0.717, 1.165) is 17.7 Å². The highest BCUT2D eigenvalue weighted by Gasteiger charge is 2.04. The zero-order valence-corrected chi connectivity index (χ0v) is 10.8. The number of nitrogens with zero attached hydrogens (tertiary/aromatic N) is 2. The van der Waals surface area contributed by atoms with Crippen molar-refractivity contribution in [3.05, 3.63) is 47.8 Å². The van der Waals surface area contributed by atoms with Gasteiger partial charge < -0.3 is 5.32 Å². The average molecular weight is 245 g/mol. The Balaban J connectivity index is 2.18. The summed E-state index contributed by atoms with van der Waals surface area (Å²) in [5, 5.41) is 8.00. The molecule has 0 radical (unpaired) electrons. The highest BCUT2D eigenvalue weighted by Crippen LogP contribution is 2.15. The molecule has 2 aromatic rings. The number of anilines is 1. The lowest BCUT2D eigenvalue weighted by Gasteiger charge is -2.11. The topological polar surface area (TPSA) is 29.9 Å². The Bertz CT molecular complexity index is 531. The van der Waals surface area contributed by atoms with Gasteiger partial charge in [-0.05, 0) is 42.8 Å². The van der Waals surface area contributed by atoms with Crippen LogP contribution in [-0.4, -0.2) is 14.9 Å². The number of aromatic nitrogens is 2. The highest BCUT2D eigenvalue weighted by molar-refractivity contribution is 7.80. The highest BCUT2D eigenvalue weighted by atomic mass is 32.1. The maximum absolute atomic E-state index is 5.31. The van der Waals surface area contributed by atoms with E-state index in [1.54, 1.807) is 10.9 Å². The van der Waals surface area contributed by atoms with Crippen LogP contribution in [-0.2, 0) is 6.42 Å². The van der Waals surface area contributed by atoms with Crippen molar-refractivity contribution in [2.45, 2.75) is 20.3 Å². The summed E-state index contributed by atoms with van der Waals surface area (Å²) in [6.45, 7) is 4.12. The van der Waals surface area contributed by atoms with Crippen LogP contribution in [0.3, 0.4) is 0 Å². The fourth-order valence-corrected chi connectivity index (χ4v) is 1.86. The molecule has 0 bridgehead atoms. The van der Waals surface area contributed by atoms with Gasteiger partial charge in [-0.2, -0.15) is 5.10 Å². The number of para-hydroxylation sites is 1. The lowest BCUT2D eigenvalue weighted by atomic mass is 10.1. The smallest absolute Gasteiger partial charge is 0.198 e. The summed E-state index contributed by atoms with van der Waals surface area (Å²) in [4.78, 5) is 0. The lowest BCUT2D eigenvalue weighted by Crippen LogP contribution is -2.20. The summed E-state index contributed by atoms with van der Waals surface area (Å²) in [7, 11) is 0. The van der Waals surface area contributed by atoms with Crippen LogP contribution in [0.5, 0.6) is 0 Å². The molecule has 4 heteroatoms. The molecule has 0 amide bonds. The fourth-order valence-electron chi connectivity index (χ4n) is 1.65. The molecule has 0 saturated heterocycles. The van der Waals surface area contributed by atoms with Crippen LogP contribution >= 0.6 is 12.2 Å². The molecule has 88 valence electrons. The first-order chi connectivity index (χ1) is 8.20. The van der Waals surface area contributed by atoms with Crippen molar-refractivity contribution in [3.63, 3.8) is 0 Å². The van der Waals surface area contributed by atoms with Crippen LogP contribution in [0.2, 0.25) is 0 Å². The van der Waals surface area contributed by atoms with Gasteiger partial charge >= 0.3 is 0 Å². The Morgan fingerprint density at radius 2 is 2.18 bits per heavy atom. The Kier molecular flexibility index (Phi) is 3.54. The van der Waals surface area contributed by atoms with E-state index in [0.29, 0.717) is 5.11 Å². The third-order valence-electron chi connectivity index (χ3n) is 2.56. The van der Waals surface area contributed by atoms with E-state index in [1.807, 2.05) is 31.3 Å². The predicted octanol–water partition coefficient (Wildman–Crippen LogP) is 3.00. The van der Waals surface area contributed by atoms with Gasteiger partial charge in [-0.15, -0.1) is 0 Å². The van der Waals surface area contributed by atoms with Gasteiger partial charge in [-0.25, -0.2) is 4.68 Å². The molecule has 17 heavy (non-hydrogen) atoms. The van der Waals surface area contributed by atoms with Crippen molar-refractivity contribution in [3.8, 4) is 0 Å². The second-order valence-corrected chi connectivity index (χ2v) is 4.29. The van der Waals surface area contributed by atoms with Crippen molar-refractivity contribution in [2.75, 3.05) is 5.32 Å². The molecule has 0 aliphatic rings. The summed E-state index contributed by atoms with van der Waals surface area (Å²) >= 11 is 5.31. The minimum Gasteiger partial charge on any atom is -0.331 e. The Morgan fingerprint density at radius 1 is 1.41 bits per heavy atom. The molecule has 3 nitrogen and oxygen atoms in total. The number of thiocarbonyl (C=S) groups is 1. The van der Waals surface area contributed by atoms with E-state index >= 15 is 0 Å². The van der Waals surface area contributed by atoms with Crippen LogP contribution < -0.4 is 5.32 Å². The zero-order valence-electron chi connectivity index (χ0n) is 9.97. The van der Waals surface area contributed by atoms with E-state index in [9.17, 15) is 0 Å². The Morgan fingerprint density at radius 3 is 2.82 bits per heavy atom. The second kappa shape index (κ2) is 5.10. The van der Waals surface area contributed by atoms with Gasteiger partial charge in [-0.1, -0.05) is 25.1 Å². The normalized spacial score (nSPS) is 10.2. The van der Waals surface area contributed by atoms with E-state index in [-0.39, 0.29) is 0 Å². The van der Waals surface area contributed by atoms with Crippen molar-refractivity contribution in [1.29, 1.82) is 0 Å². The number of hydrogen-bond donors (Lipinski definition) is 1. The minimum atomic E-state index is 0.596. The molecule has 1 heterocycles. The molecule has 0 aliphatic heterocycles. The minimum absolute atomic E-state index is 0.596. The number of hydrogen-bond acceptors (Lipinski definition) is 2. The molecule has 1 N–H and O–H groups in total. The van der Waals surface area contributed by atoms with Gasteiger partial charge in [0.25, 0.3) is 0 Å². The number of rotatable bonds is 2. The summed E-state index contributed by atoms with van der Waals surface area (Å²) in [6, 6.07) is 8.16. The molecular formula is C13H15N3S. The van der Waals surface area contributed by atoms with Crippen LogP contribution in [0.1, 0.15) is 18.1 Å². The van der Waals surface area contributed by atoms with Crippen LogP contribution in [0.4, 0.5) is 5.69 Å². The SMILES string of the molecule is CCc1ccccc1NC(=S)n1cc(C)cn1. The number of nitrogens with one attached hydrogen (secondary N) is 1. The van der Waals surface area contributed by atoms with Crippen molar-refractivity contribution < 1.29 is 0 Å². The molecule has 0 spiro atoms. The zero-order chi connectivity index (χ0) is 12.3. The standard InChI is InChI=1S/C13H15N3S/c1-3-11-6-4-5-7-12(11)15-13(17)16-9-10(2)8-14-16/h4-9H,3H2,1-2H3,(H,15,17). The van der Waals surface area contributed by atoms with Gasteiger partial charge in [0.15, 0.2) is 5.11 Å². The summed E-state index contributed by atoms with van der Waals surface area (Å²) in [5.74, 6) is 0. The molecule has 0 atom stereocenters. The molecule has 1 aromatic carbocycles. The van der Waals surface area contributed by atoms with E-state index < -0.39 is 0 Å². The van der Waals surface area contributed by atoms with Crippen molar-refractivity contribution in [1.82, 2.24) is 9.78 Å². The van der Waals surface area contributed by atoms with Gasteiger partial charge in [0, 0.05) is 11.9 Å². The predicted molar refractivity (Wildman–Crippen MR) is 74.4 cm³/mol. The Labute approximate surface area is 106 Å². The molecule has 1 aromatic heterocycles. The lowest BCUT2D eigenvalue weighted by molar-refractivity contribution is 0.946. The third-order valence-corrected chi connectivity index (χ3v) is 2.85. The molecule has 2 rings (SSSR count). The largest absolute Gasteiger partial charge is 0.331 e. The van der Waals surface area contributed by atoms with Gasteiger partial charge in [0.2, 0.25) is 0 Å². The van der Waals surface area contributed by atoms with Crippen molar-refractivity contribution >= 4 is 23.0 Å². The molecular weight excluding hydrogens is 230 g/mol. The first kappa shape index (κ1) is 11.8. The first-order valence-corrected chi connectivity index (χ1v) is 6.02. The number of aryl methyl sites for hydroxylation is 2. The fraction of sp³-hybridized carbons (Fsp3) is 0.231. The third kappa shape index (κ3) is 2.71. The quantitative estimate of drug-likeness (QED) is 0.825. The first-order valence-electron chi connectivity index (χ1n) is 5.61. The second-order valence-electron chi connectivity index (χ2n) is 3.90. The van der Waals surface area contributed by atoms with Crippen LogP contribution in [0, 0.1) is 6.92 Å². The summed E-state index contributed by atoms with van der Waals surface area (Å²) in [6.07, 6.45) is 4.67. The monoisotopic (exact) mass is 245 g/mol. The molecule has 0 saturated carbocycles. The van der Waals surface area contributed by atoms with Gasteiger partial charge in [-0.3, -0.25) is 0 Å². The van der Waals surface area contributed by atoms with Crippen molar-refractivity contribution in [2.24, 2.45) is 0 Å². The van der Waals surface area contributed by atoms with Crippen LogP contribution in [0.25, 0.3) is 0 Å². The van der Waals surface area contributed by atoms with Gasteiger partial charge in [0.1, 0.15) is 0 Å². The summed E-state index contributed by atoms with van der Waals surface area (Å²) < 4.78 is 1.68. The summed E-state index contributed by atoms with van der Waals surface area (Å²) in [5.41, 5.74) is 3.39. The van der Waals surface area contributed by atoms with E-state index in [4.69, 9.17) is 12.2 Å². The van der Waals surface area contributed by atoms with E-state index in [2.05, 4.69) is 23.4 Å². The van der Waals surface area contributed by atoms with Crippen LogP contribution in [0.15, 0.2) is 36.7 Å². The number of benzene rings is 1. The maximum Gasteiger partial charge on any atom is 0.198 e. The average Bonchev–Trinajstić information content (AvgIpc) is 2.77. The maximum atomic E-state index is 5.31. The molecule has 0 unspecified atom stereocenters.